The fraction of sp³-hybridized carbons (Fsp3) is 0.708. The van der Waals surface area contributed by atoms with Crippen molar-refractivity contribution in [2.75, 3.05) is 11.5 Å². The Morgan fingerprint density at radius 2 is 1.58 bits per heavy atom. The van der Waals surface area contributed by atoms with E-state index >= 15 is 0 Å². The molecular weight excluding hydrogens is 504 g/mol. The minimum Gasteiger partial charge on any atom is -0.461 e. The third-order valence-corrected chi connectivity index (χ3v) is 7.91. The van der Waals surface area contributed by atoms with Gasteiger partial charge in [0, 0.05) is 11.5 Å². The molecule has 36 heavy (non-hydrogen) atoms. The van der Waals surface area contributed by atoms with Gasteiger partial charge in [-0.3, -0.25) is 19.2 Å². The van der Waals surface area contributed by atoms with Crippen molar-refractivity contribution in [2.24, 2.45) is 11.8 Å². The van der Waals surface area contributed by atoms with Gasteiger partial charge in [0.15, 0.2) is 0 Å². The maximum Gasteiger partial charge on any atom is 0.329 e. The molecule has 204 valence electrons. The molecule has 0 radical (unpaired) electrons. The molecule has 1 aliphatic rings. The molecule has 1 saturated heterocycles. The lowest BCUT2D eigenvalue weighted by Crippen LogP contribution is -2.57. The van der Waals surface area contributed by atoms with Crippen LogP contribution >= 0.6 is 21.6 Å². The number of hydrogen-bond acceptors (Lipinski definition) is 8. The molecule has 1 aliphatic heterocycles. The monoisotopic (exact) mass is 544 g/mol. The van der Waals surface area contributed by atoms with E-state index in [9.17, 15) is 24.0 Å². The second kappa shape index (κ2) is 15.8. The Balaban J connectivity index is 3.33. The summed E-state index contributed by atoms with van der Waals surface area (Å²) in [5.41, 5.74) is -0.0437. The standard InChI is InChI=1S/C24H40N4O6S2/c1-8-10-35-36-12-17-22(31)25-16(9-2)21(30)28-20(14(5)6)24(33)34-15(7)11-18(29)27-19(13(3)4)23(32)26-17/h9,13-15,17,19-20H,8,10-12H2,1-7H3,(H,25,31)(H,26,32)(H,27,29)(H,28,30). The number of cyclic esters (lactones) is 1. The fourth-order valence-corrected chi connectivity index (χ4v) is 5.54. The summed E-state index contributed by atoms with van der Waals surface area (Å²) in [4.78, 5) is 64.6. The minimum absolute atomic E-state index is 0.0437. The highest BCUT2D eigenvalue weighted by molar-refractivity contribution is 8.76. The van der Waals surface area contributed by atoms with Crippen LogP contribution in [0.4, 0.5) is 0 Å². The number of carbonyl (C=O) groups is 5. The average Bonchev–Trinajstić information content (AvgIpc) is 2.79. The van der Waals surface area contributed by atoms with Crippen LogP contribution in [0.25, 0.3) is 0 Å². The molecule has 0 aromatic rings. The highest BCUT2D eigenvalue weighted by Crippen LogP contribution is 2.23. The summed E-state index contributed by atoms with van der Waals surface area (Å²) in [6, 6.07) is -2.84. The van der Waals surface area contributed by atoms with Gasteiger partial charge in [-0.05, 0) is 32.1 Å². The van der Waals surface area contributed by atoms with Crippen LogP contribution in [0.15, 0.2) is 11.8 Å². The first kappa shape index (κ1) is 31.8. The van der Waals surface area contributed by atoms with E-state index in [-0.39, 0.29) is 29.7 Å². The molecule has 0 aromatic carbocycles. The van der Waals surface area contributed by atoms with Crippen molar-refractivity contribution in [3.05, 3.63) is 11.8 Å². The second-order valence-electron chi connectivity index (χ2n) is 9.30. The highest BCUT2D eigenvalue weighted by Gasteiger charge is 2.33. The van der Waals surface area contributed by atoms with Gasteiger partial charge in [0.2, 0.25) is 17.7 Å². The zero-order chi connectivity index (χ0) is 27.4. The van der Waals surface area contributed by atoms with Crippen LogP contribution in [0.5, 0.6) is 0 Å². The normalized spacial score (nSPS) is 26.4. The van der Waals surface area contributed by atoms with Gasteiger partial charge in [-0.25, -0.2) is 4.79 Å². The van der Waals surface area contributed by atoms with Crippen molar-refractivity contribution >= 4 is 51.2 Å². The van der Waals surface area contributed by atoms with E-state index in [2.05, 4.69) is 21.3 Å². The Hall–Kier alpha value is -2.21. The van der Waals surface area contributed by atoms with Crippen LogP contribution in [0.1, 0.15) is 61.3 Å². The molecule has 1 heterocycles. The lowest BCUT2D eigenvalue weighted by Gasteiger charge is -2.27. The lowest BCUT2D eigenvalue weighted by molar-refractivity contribution is -0.154. The number of rotatable bonds is 7. The van der Waals surface area contributed by atoms with Gasteiger partial charge in [0.25, 0.3) is 5.91 Å². The Bertz CT molecular complexity index is 833. The van der Waals surface area contributed by atoms with Crippen molar-refractivity contribution in [3.63, 3.8) is 0 Å². The zero-order valence-electron chi connectivity index (χ0n) is 22.1. The molecule has 1 fully saturated rings. The predicted octanol–water partition coefficient (Wildman–Crippen LogP) is 1.90. The van der Waals surface area contributed by atoms with Crippen LogP contribution in [0.3, 0.4) is 0 Å². The molecule has 1 rings (SSSR count). The van der Waals surface area contributed by atoms with E-state index in [4.69, 9.17) is 4.74 Å². The average molecular weight is 545 g/mol. The van der Waals surface area contributed by atoms with Crippen LogP contribution < -0.4 is 21.3 Å². The molecule has 12 heteroatoms. The van der Waals surface area contributed by atoms with Gasteiger partial charge in [0.1, 0.15) is 29.9 Å². The molecule has 10 nitrogen and oxygen atoms in total. The number of amides is 4. The van der Waals surface area contributed by atoms with E-state index in [1.165, 1.54) is 16.9 Å². The van der Waals surface area contributed by atoms with Crippen molar-refractivity contribution in [1.29, 1.82) is 0 Å². The number of esters is 1. The maximum atomic E-state index is 13.1. The molecule has 0 saturated carbocycles. The van der Waals surface area contributed by atoms with Crippen molar-refractivity contribution < 1.29 is 28.7 Å². The minimum atomic E-state index is -0.984. The molecule has 0 aromatic heterocycles. The number of carbonyl (C=O) groups excluding carboxylic acids is 5. The SMILES string of the molecule is CC=C1NC(=O)C(CSSCCC)NC(=O)C(C(C)C)NC(=O)CC(C)OC(=O)C(C(C)C)NC1=O. The summed E-state index contributed by atoms with van der Waals surface area (Å²) in [6.45, 7) is 12.3. The fourth-order valence-electron chi connectivity index (χ4n) is 3.24. The van der Waals surface area contributed by atoms with E-state index in [0.717, 1.165) is 12.2 Å². The first-order chi connectivity index (χ1) is 16.9. The molecule has 4 unspecified atom stereocenters. The van der Waals surface area contributed by atoms with Crippen molar-refractivity contribution in [1.82, 2.24) is 21.3 Å². The van der Waals surface area contributed by atoms with Crippen LogP contribution in [-0.4, -0.2) is 65.3 Å². The smallest absolute Gasteiger partial charge is 0.329 e. The molecule has 4 amide bonds. The molecule has 4 N–H and O–H groups in total. The topological polar surface area (TPSA) is 143 Å². The van der Waals surface area contributed by atoms with Gasteiger partial charge in [-0.1, -0.05) is 62.3 Å². The molecule has 0 spiro atoms. The summed E-state index contributed by atoms with van der Waals surface area (Å²) in [6.07, 6.45) is 1.45. The summed E-state index contributed by atoms with van der Waals surface area (Å²) in [7, 11) is 3.02. The highest BCUT2D eigenvalue weighted by atomic mass is 33.1. The largest absolute Gasteiger partial charge is 0.461 e. The van der Waals surface area contributed by atoms with E-state index < -0.39 is 53.8 Å². The van der Waals surface area contributed by atoms with Crippen molar-refractivity contribution in [2.45, 2.75) is 85.5 Å². The third kappa shape index (κ3) is 10.4. The van der Waals surface area contributed by atoms with Gasteiger partial charge < -0.3 is 26.0 Å². The first-order valence-electron chi connectivity index (χ1n) is 12.2. The Morgan fingerprint density at radius 3 is 2.14 bits per heavy atom. The predicted molar refractivity (Wildman–Crippen MR) is 143 cm³/mol. The number of ether oxygens (including phenoxy) is 1. The molecule has 0 aliphatic carbocycles. The third-order valence-electron chi connectivity index (χ3n) is 5.29. The van der Waals surface area contributed by atoms with Gasteiger partial charge in [-0.2, -0.15) is 0 Å². The van der Waals surface area contributed by atoms with Gasteiger partial charge in [-0.15, -0.1) is 0 Å². The van der Waals surface area contributed by atoms with Crippen LogP contribution in [-0.2, 0) is 28.7 Å². The van der Waals surface area contributed by atoms with Gasteiger partial charge in [0.05, 0.1) is 6.42 Å². The Kier molecular flexibility index (Phi) is 14.0. The van der Waals surface area contributed by atoms with Crippen LogP contribution in [0, 0.1) is 11.8 Å². The number of allylic oxidation sites excluding steroid dienone is 1. The van der Waals surface area contributed by atoms with E-state index in [1.807, 2.05) is 6.92 Å². The zero-order valence-corrected chi connectivity index (χ0v) is 23.8. The quantitative estimate of drug-likeness (QED) is 0.165. The van der Waals surface area contributed by atoms with E-state index in [0.29, 0.717) is 0 Å². The summed E-state index contributed by atoms with van der Waals surface area (Å²) < 4.78 is 5.41. The first-order valence-corrected chi connectivity index (χ1v) is 14.7. The summed E-state index contributed by atoms with van der Waals surface area (Å²) in [5.74, 6) is -2.32. The van der Waals surface area contributed by atoms with E-state index in [1.54, 1.807) is 52.3 Å². The lowest BCUT2D eigenvalue weighted by atomic mass is 10.0. The molecular formula is C24H40N4O6S2. The van der Waals surface area contributed by atoms with Crippen LogP contribution in [0.2, 0.25) is 0 Å². The molecule has 0 bridgehead atoms. The van der Waals surface area contributed by atoms with Gasteiger partial charge >= 0.3 is 5.97 Å². The number of nitrogens with one attached hydrogen (secondary N) is 4. The Morgan fingerprint density at radius 1 is 0.944 bits per heavy atom. The number of hydrogen-bond donors (Lipinski definition) is 4. The van der Waals surface area contributed by atoms with Crippen molar-refractivity contribution in [3.8, 4) is 0 Å². The second-order valence-corrected chi connectivity index (χ2v) is 11.9. The molecule has 4 atom stereocenters. The maximum absolute atomic E-state index is 13.1. The summed E-state index contributed by atoms with van der Waals surface area (Å²) in [5, 5.41) is 10.6. The Labute approximate surface area is 221 Å². The summed E-state index contributed by atoms with van der Waals surface area (Å²) >= 11 is 0.